The first-order valence-electron chi connectivity index (χ1n) is 11.7. The second kappa shape index (κ2) is 9.30. The van der Waals surface area contributed by atoms with E-state index in [1.807, 2.05) is 24.3 Å². The molecule has 2 saturated heterocycles. The summed E-state index contributed by atoms with van der Waals surface area (Å²) in [5.74, 6) is -0.610. The van der Waals surface area contributed by atoms with E-state index in [9.17, 15) is 18.0 Å². The predicted octanol–water partition coefficient (Wildman–Crippen LogP) is 4.52. The van der Waals surface area contributed by atoms with E-state index >= 15 is 0 Å². The zero-order chi connectivity index (χ0) is 23.9. The Kier molecular flexibility index (Phi) is 6.37. The molecule has 1 N–H and O–H groups in total. The molecule has 5 nitrogen and oxygen atoms in total. The summed E-state index contributed by atoms with van der Waals surface area (Å²) in [6.45, 7) is 2.99. The summed E-state index contributed by atoms with van der Waals surface area (Å²) in [5, 5.41) is 3.65. The van der Waals surface area contributed by atoms with Crippen molar-refractivity contribution in [1.82, 2.24) is 5.32 Å². The number of carbonyl (C=O) groups excluding carboxylic acids is 1. The molecule has 3 heterocycles. The molecule has 1 amide bonds. The monoisotopic (exact) mass is 493 g/mol. The van der Waals surface area contributed by atoms with Crippen LogP contribution in [0.4, 0.5) is 24.5 Å². The predicted molar refractivity (Wildman–Crippen MR) is 125 cm³/mol. The van der Waals surface area contributed by atoms with Gasteiger partial charge in [0, 0.05) is 49.2 Å². The number of fused-ring (bicyclic) bond motifs is 3. The summed E-state index contributed by atoms with van der Waals surface area (Å²) < 4.78 is 45.8. The largest absolute Gasteiger partial charge is 0.416 e. The maximum absolute atomic E-state index is 13.4. The molecule has 0 aromatic heterocycles. The van der Waals surface area contributed by atoms with Crippen LogP contribution in [0.3, 0.4) is 0 Å². The summed E-state index contributed by atoms with van der Waals surface area (Å²) in [5.41, 5.74) is 1.65. The molecule has 0 bridgehead atoms. The van der Waals surface area contributed by atoms with Crippen LogP contribution < -0.4 is 15.1 Å². The number of hydrogen-bond donors (Lipinski definition) is 1. The van der Waals surface area contributed by atoms with Gasteiger partial charge in [-0.3, -0.25) is 4.79 Å². The maximum atomic E-state index is 13.4. The van der Waals surface area contributed by atoms with Gasteiger partial charge in [-0.15, -0.1) is 0 Å². The van der Waals surface area contributed by atoms with Gasteiger partial charge in [-0.25, -0.2) is 0 Å². The first-order valence-corrected chi connectivity index (χ1v) is 12.0. The highest BCUT2D eigenvalue weighted by Crippen LogP contribution is 2.40. The number of amides is 1. The molecule has 0 saturated carbocycles. The summed E-state index contributed by atoms with van der Waals surface area (Å²) in [6.07, 6.45) is -2.28. The van der Waals surface area contributed by atoms with Crippen LogP contribution in [0.15, 0.2) is 42.5 Å². The molecule has 2 fully saturated rings. The normalized spacial score (nSPS) is 24.5. The standard InChI is InChI=1S/C25H27ClF3N3O2/c26-18-3-1-4-19(13-18)31-8-9-32-22-7-6-17(25(27,28)29)11-16(22)12-21(23(32)15-31)24(33)30-14-20-5-2-10-34-20/h1,3-4,6-7,11,13,20-21,23H,2,5,8-10,12,14-15H2,(H,30,33). The maximum Gasteiger partial charge on any atom is 0.416 e. The van der Waals surface area contributed by atoms with Crippen molar-refractivity contribution in [2.45, 2.75) is 37.6 Å². The number of halogens is 4. The number of piperazine rings is 1. The number of alkyl halides is 3. The van der Waals surface area contributed by atoms with Gasteiger partial charge in [-0.05, 0) is 61.2 Å². The topological polar surface area (TPSA) is 44.8 Å². The number of rotatable bonds is 4. The van der Waals surface area contributed by atoms with Gasteiger partial charge < -0.3 is 19.9 Å². The lowest BCUT2D eigenvalue weighted by atomic mass is 9.82. The zero-order valence-electron chi connectivity index (χ0n) is 18.7. The van der Waals surface area contributed by atoms with Crippen molar-refractivity contribution < 1.29 is 22.7 Å². The minimum absolute atomic E-state index is 0.00192. The molecule has 182 valence electrons. The lowest BCUT2D eigenvalue weighted by Crippen LogP contribution is -2.61. The van der Waals surface area contributed by atoms with Crippen molar-refractivity contribution in [2.75, 3.05) is 42.6 Å². The zero-order valence-corrected chi connectivity index (χ0v) is 19.4. The Bertz CT molecular complexity index is 1060. The first kappa shape index (κ1) is 23.3. The molecule has 34 heavy (non-hydrogen) atoms. The number of benzene rings is 2. The number of hydrogen-bond acceptors (Lipinski definition) is 4. The van der Waals surface area contributed by atoms with E-state index in [-0.39, 0.29) is 24.5 Å². The van der Waals surface area contributed by atoms with E-state index in [0.29, 0.717) is 43.4 Å². The van der Waals surface area contributed by atoms with Gasteiger partial charge in [0.1, 0.15) is 0 Å². The lowest BCUT2D eigenvalue weighted by molar-refractivity contribution is -0.137. The molecule has 2 aromatic carbocycles. The number of nitrogens with one attached hydrogen (secondary N) is 1. The quantitative estimate of drug-likeness (QED) is 0.680. The Balaban J connectivity index is 1.43. The van der Waals surface area contributed by atoms with Crippen LogP contribution >= 0.6 is 11.6 Å². The fraction of sp³-hybridized carbons (Fsp3) is 0.480. The molecular formula is C25H27ClF3N3O2. The highest BCUT2D eigenvalue weighted by atomic mass is 35.5. The van der Waals surface area contributed by atoms with Crippen molar-refractivity contribution in [3.8, 4) is 0 Å². The van der Waals surface area contributed by atoms with Crippen LogP contribution in [0, 0.1) is 5.92 Å². The SMILES string of the molecule is O=C(NCC1CCCO1)C1Cc2cc(C(F)(F)F)ccc2N2CCN(c3cccc(Cl)c3)CC12. The smallest absolute Gasteiger partial charge is 0.376 e. The molecule has 2 aromatic rings. The molecule has 9 heteroatoms. The van der Waals surface area contributed by atoms with Crippen molar-refractivity contribution in [3.05, 3.63) is 58.6 Å². The third-order valence-electron chi connectivity index (χ3n) is 7.08. The van der Waals surface area contributed by atoms with Crippen molar-refractivity contribution >= 4 is 28.9 Å². The van der Waals surface area contributed by atoms with Gasteiger partial charge in [-0.1, -0.05) is 17.7 Å². The van der Waals surface area contributed by atoms with Gasteiger partial charge in [0.2, 0.25) is 5.91 Å². The Labute approximate surface area is 201 Å². The molecule has 3 aliphatic rings. The van der Waals surface area contributed by atoms with Crippen LogP contribution in [-0.4, -0.2) is 50.8 Å². The van der Waals surface area contributed by atoms with E-state index < -0.39 is 17.7 Å². The van der Waals surface area contributed by atoms with E-state index in [2.05, 4.69) is 15.1 Å². The minimum Gasteiger partial charge on any atom is -0.376 e. The molecule has 0 spiro atoms. The van der Waals surface area contributed by atoms with E-state index in [0.717, 1.165) is 30.3 Å². The summed E-state index contributed by atoms with van der Waals surface area (Å²) in [7, 11) is 0. The average Bonchev–Trinajstić information content (AvgIpc) is 3.34. The Morgan fingerprint density at radius 3 is 2.76 bits per heavy atom. The molecule has 0 aliphatic carbocycles. The fourth-order valence-corrected chi connectivity index (χ4v) is 5.54. The van der Waals surface area contributed by atoms with Crippen molar-refractivity contribution in [3.63, 3.8) is 0 Å². The van der Waals surface area contributed by atoms with Crippen molar-refractivity contribution in [2.24, 2.45) is 5.92 Å². The number of ether oxygens (including phenoxy) is 1. The summed E-state index contributed by atoms with van der Waals surface area (Å²) in [4.78, 5) is 17.6. The number of carbonyl (C=O) groups is 1. The second-order valence-electron chi connectivity index (χ2n) is 9.22. The third-order valence-corrected chi connectivity index (χ3v) is 7.31. The van der Waals surface area contributed by atoms with Gasteiger partial charge in [0.15, 0.2) is 0 Å². The lowest BCUT2D eigenvalue weighted by Gasteiger charge is -2.49. The van der Waals surface area contributed by atoms with Crippen LogP contribution in [0.5, 0.6) is 0 Å². The van der Waals surface area contributed by atoms with Gasteiger partial charge in [0.05, 0.1) is 23.6 Å². The van der Waals surface area contributed by atoms with Gasteiger partial charge in [0.25, 0.3) is 0 Å². The van der Waals surface area contributed by atoms with E-state index in [4.69, 9.17) is 16.3 Å². The van der Waals surface area contributed by atoms with Crippen LogP contribution in [0.1, 0.15) is 24.0 Å². The second-order valence-corrected chi connectivity index (χ2v) is 9.66. The molecule has 3 atom stereocenters. The van der Waals surface area contributed by atoms with Crippen LogP contribution in [0.2, 0.25) is 5.02 Å². The van der Waals surface area contributed by atoms with Gasteiger partial charge >= 0.3 is 6.18 Å². The Morgan fingerprint density at radius 2 is 2.03 bits per heavy atom. The first-order chi connectivity index (χ1) is 16.3. The molecule has 5 rings (SSSR count). The number of nitrogens with zero attached hydrogens (tertiary/aromatic N) is 2. The molecular weight excluding hydrogens is 467 g/mol. The van der Waals surface area contributed by atoms with Crippen LogP contribution in [-0.2, 0) is 22.1 Å². The summed E-state index contributed by atoms with van der Waals surface area (Å²) in [6, 6.07) is 11.3. The van der Waals surface area contributed by atoms with Crippen molar-refractivity contribution in [1.29, 1.82) is 0 Å². The highest BCUT2D eigenvalue weighted by molar-refractivity contribution is 6.30. The summed E-state index contributed by atoms with van der Waals surface area (Å²) >= 11 is 6.20. The molecule has 3 unspecified atom stereocenters. The van der Waals surface area contributed by atoms with E-state index in [1.54, 1.807) is 6.07 Å². The molecule has 0 radical (unpaired) electrons. The minimum atomic E-state index is -4.42. The van der Waals surface area contributed by atoms with E-state index in [1.165, 1.54) is 6.07 Å². The average molecular weight is 494 g/mol. The Morgan fingerprint density at radius 1 is 1.18 bits per heavy atom. The van der Waals surface area contributed by atoms with Crippen LogP contribution in [0.25, 0.3) is 0 Å². The third kappa shape index (κ3) is 4.70. The highest BCUT2D eigenvalue weighted by Gasteiger charge is 2.43. The fourth-order valence-electron chi connectivity index (χ4n) is 5.36. The van der Waals surface area contributed by atoms with Gasteiger partial charge in [-0.2, -0.15) is 13.2 Å². The number of anilines is 2. The molecule has 3 aliphatic heterocycles. The Hall–Kier alpha value is -2.45.